The van der Waals surface area contributed by atoms with Crippen molar-refractivity contribution in [2.45, 2.75) is 25.4 Å². The molecule has 0 amide bonds. The normalized spacial score (nSPS) is 20.2. The van der Waals surface area contributed by atoms with Crippen LogP contribution in [-0.4, -0.2) is 23.3 Å². The third-order valence-electron chi connectivity index (χ3n) is 1.61. The largest absolute Gasteiger partial charge is 0.459 e. The second-order valence-corrected chi connectivity index (χ2v) is 2.83. The highest BCUT2D eigenvalue weighted by molar-refractivity contribution is 5.81. The average Bonchev–Trinajstić information content (AvgIpc) is 2.66. The van der Waals surface area contributed by atoms with E-state index in [1.54, 1.807) is 13.0 Å². The lowest BCUT2D eigenvalue weighted by Crippen LogP contribution is -2.18. The molecule has 0 radical (unpaired) electrons. The first-order chi connectivity index (χ1) is 5.16. The number of allylic oxidation sites excluding steroid dienone is 1. The quantitative estimate of drug-likeness (QED) is 0.481. The zero-order valence-corrected chi connectivity index (χ0v) is 6.54. The summed E-state index contributed by atoms with van der Waals surface area (Å²) in [5, 5.41) is 9.24. The van der Waals surface area contributed by atoms with E-state index in [4.69, 9.17) is 4.74 Å². The predicted molar refractivity (Wildman–Crippen MR) is 40.0 cm³/mol. The number of carbonyl (C=O) groups is 1. The fraction of sp³-hybridized carbons (Fsp3) is 0.625. The molecule has 0 aromatic carbocycles. The second-order valence-electron chi connectivity index (χ2n) is 2.83. The van der Waals surface area contributed by atoms with E-state index in [9.17, 15) is 9.90 Å². The molecular formula is C8H12O3. The van der Waals surface area contributed by atoms with Crippen molar-refractivity contribution in [1.29, 1.82) is 0 Å². The summed E-state index contributed by atoms with van der Waals surface area (Å²) >= 11 is 0. The first-order valence-electron chi connectivity index (χ1n) is 3.68. The highest BCUT2D eigenvalue weighted by Gasteiger charge is 2.41. The summed E-state index contributed by atoms with van der Waals surface area (Å²) in [6, 6.07) is 0. The van der Waals surface area contributed by atoms with Crippen LogP contribution >= 0.6 is 0 Å². The molecule has 3 heteroatoms. The Hall–Kier alpha value is -0.830. The van der Waals surface area contributed by atoms with Crippen molar-refractivity contribution >= 4 is 5.97 Å². The summed E-state index contributed by atoms with van der Waals surface area (Å²) in [6.07, 6.45) is 4.44. The van der Waals surface area contributed by atoms with Gasteiger partial charge in [-0.2, -0.15) is 0 Å². The summed E-state index contributed by atoms with van der Waals surface area (Å²) < 4.78 is 4.73. The van der Waals surface area contributed by atoms with Crippen molar-refractivity contribution in [3.8, 4) is 0 Å². The van der Waals surface area contributed by atoms with Gasteiger partial charge in [0.25, 0.3) is 0 Å². The number of rotatable bonds is 3. The van der Waals surface area contributed by atoms with Gasteiger partial charge in [-0.05, 0) is 19.8 Å². The summed E-state index contributed by atoms with van der Waals surface area (Å²) in [7, 11) is 0. The summed E-state index contributed by atoms with van der Waals surface area (Å²) in [5.74, 6) is -0.382. The third-order valence-corrected chi connectivity index (χ3v) is 1.61. The highest BCUT2D eigenvalue weighted by Crippen LogP contribution is 2.34. The molecule has 0 heterocycles. The van der Waals surface area contributed by atoms with Crippen LogP contribution in [-0.2, 0) is 9.53 Å². The van der Waals surface area contributed by atoms with Gasteiger partial charge in [0.2, 0.25) is 0 Å². The van der Waals surface area contributed by atoms with Gasteiger partial charge in [-0.1, -0.05) is 6.08 Å². The van der Waals surface area contributed by atoms with Crippen molar-refractivity contribution in [2.75, 3.05) is 6.61 Å². The van der Waals surface area contributed by atoms with Gasteiger partial charge in [0.05, 0.1) is 5.60 Å². The van der Waals surface area contributed by atoms with Crippen LogP contribution in [0.4, 0.5) is 0 Å². The maximum Gasteiger partial charge on any atom is 0.330 e. The van der Waals surface area contributed by atoms with Crippen molar-refractivity contribution in [3.05, 3.63) is 12.2 Å². The van der Waals surface area contributed by atoms with Crippen molar-refractivity contribution in [3.63, 3.8) is 0 Å². The van der Waals surface area contributed by atoms with Gasteiger partial charge < -0.3 is 9.84 Å². The smallest absolute Gasteiger partial charge is 0.330 e. The number of aliphatic hydroxyl groups is 1. The zero-order chi connectivity index (χ0) is 8.32. The number of ether oxygens (including phenoxy) is 1. The Bertz CT molecular complexity index is 180. The number of esters is 1. The minimum Gasteiger partial charge on any atom is -0.459 e. The van der Waals surface area contributed by atoms with Crippen LogP contribution in [0.25, 0.3) is 0 Å². The standard InChI is InChI=1S/C8H12O3/c1-2-3-7(9)11-6-8(10)4-5-8/h2-3,10H,4-6H2,1H3/b3-2+. The van der Waals surface area contributed by atoms with Gasteiger partial charge >= 0.3 is 5.97 Å². The van der Waals surface area contributed by atoms with Crippen LogP contribution in [0, 0.1) is 0 Å². The summed E-state index contributed by atoms with van der Waals surface area (Å²) in [6.45, 7) is 1.88. The Labute approximate surface area is 65.7 Å². The monoisotopic (exact) mass is 156 g/mol. The lowest BCUT2D eigenvalue weighted by atomic mass is 10.4. The number of hydrogen-bond acceptors (Lipinski definition) is 3. The molecule has 11 heavy (non-hydrogen) atoms. The molecule has 0 spiro atoms. The van der Waals surface area contributed by atoms with Crippen LogP contribution in [0.15, 0.2) is 12.2 Å². The maximum atomic E-state index is 10.7. The first kappa shape index (κ1) is 8.27. The molecule has 1 aliphatic rings. The second kappa shape index (κ2) is 3.05. The molecule has 62 valence electrons. The number of hydrogen-bond donors (Lipinski definition) is 1. The molecule has 0 aromatic rings. The van der Waals surface area contributed by atoms with Gasteiger partial charge in [0.15, 0.2) is 0 Å². The summed E-state index contributed by atoms with van der Waals surface area (Å²) in [5.41, 5.74) is -0.697. The van der Waals surface area contributed by atoms with Gasteiger partial charge in [0.1, 0.15) is 6.61 Å². The molecular weight excluding hydrogens is 144 g/mol. The average molecular weight is 156 g/mol. The third kappa shape index (κ3) is 2.72. The molecule has 1 N–H and O–H groups in total. The van der Waals surface area contributed by atoms with E-state index < -0.39 is 5.60 Å². The van der Waals surface area contributed by atoms with E-state index in [-0.39, 0.29) is 12.6 Å². The van der Waals surface area contributed by atoms with Crippen LogP contribution in [0.5, 0.6) is 0 Å². The Balaban J connectivity index is 2.16. The Morgan fingerprint density at radius 2 is 2.36 bits per heavy atom. The lowest BCUT2D eigenvalue weighted by Gasteiger charge is -2.05. The van der Waals surface area contributed by atoms with Gasteiger partial charge in [-0.3, -0.25) is 0 Å². The van der Waals surface area contributed by atoms with Gasteiger partial charge in [-0.25, -0.2) is 4.79 Å². The van der Waals surface area contributed by atoms with Crippen LogP contribution in [0.1, 0.15) is 19.8 Å². The molecule has 1 aliphatic carbocycles. The Morgan fingerprint density at radius 1 is 1.73 bits per heavy atom. The van der Waals surface area contributed by atoms with E-state index in [0.29, 0.717) is 0 Å². The zero-order valence-electron chi connectivity index (χ0n) is 6.54. The van der Waals surface area contributed by atoms with Crippen molar-refractivity contribution < 1.29 is 14.6 Å². The van der Waals surface area contributed by atoms with Gasteiger partial charge in [-0.15, -0.1) is 0 Å². The van der Waals surface area contributed by atoms with Gasteiger partial charge in [0, 0.05) is 6.08 Å². The molecule has 0 aliphatic heterocycles. The molecule has 0 unspecified atom stereocenters. The maximum absolute atomic E-state index is 10.7. The van der Waals surface area contributed by atoms with Crippen LogP contribution < -0.4 is 0 Å². The first-order valence-corrected chi connectivity index (χ1v) is 3.68. The number of carbonyl (C=O) groups excluding carboxylic acids is 1. The molecule has 1 fully saturated rings. The molecule has 1 rings (SSSR count). The van der Waals surface area contributed by atoms with Crippen LogP contribution in [0.3, 0.4) is 0 Å². The Kier molecular flexibility index (Phi) is 2.29. The fourth-order valence-electron chi connectivity index (χ4n) is 0.678. The van der Waals surface area contributed by atoms with Crippen molar-refractivity contribution in [1.82, 2.24) is 0 Å². The molecule has 1 saturated carbocycles. The minimum atomic E-state index is -0.697. The van der Waals surface area contributed by atoms with E-state index in [0.717, 1.165) is 12.8 Å². The Morgan fingerprint density at radius 3 is 2.82 bits per heavy atom. The molecule has 3 nitrogen and oxygen atoms in total. The van der Waals surface area contributed by atoms with E-state index in [1.165, 1.54) is 6.08 Å². The van der Waals surface area contributed by atoms with E-state index in [2.05, 4.69) is 0 Å². The lowest BCUT2D eigenvalue weighted by molar-refractivity contribution is -0.141. The molecule has 0 saturated heterocycles. The summed E-state index contributed by atoms with van der Waals surface area (Å²) in [4.78, 5) is 10.7. The molecule has 0 bridgehead atoms. The van der Waals surface area contributed by atoms with E-state index >= 15 is 0 Å². The van der Waals surface area contributed by atoms with Crippen molar-refractivity contribution in [2.24, 2.45) is 0 Å². The molecule has 0 atom stereocenters. The van der Waals surface area contributed by atoms with E-state index in [1.807, 2.05) is 0 Å². The predicted octanol–water partition coefficient (Wildman–Crippen LogP) is 0.631. The fourth-order valence-corrected chi connectivity index (χ4v) is 0.678. The topological polar surface area (TPSA) is 46.5 Å². The SMILES string of the molecule is C/C=C/C(=O)OCC1(O)CC1. The van der Waals surface area contributed by atoms with Crippen LogP contribution in [0.2, 0.25) is 0 Å². The minimum absolute atomic E-state index is 0.135. The highest BCUT2D eigenvalue weighted by atomic mass is 16.5. The molecule has 0 aromatic heterocycles.